The van der Waals surface area contributed by atoms with Crippen molar-refractivity contribution >= 4 is 0 Å². The summed E-state index contributed by atoms with van der Waals surface area (Å²) in [6.45, 7) is 9.69. The first-order valence-electron chi connectivity index (χ1n) is 8.16. The van der Waals surface area contributed by atoms with Crippen molar-refractivity contribution in [3.63, 3.8) is 0 Å². The average molecular weight is 271 g/mol. The number of fused-ring (bicyclic) bond motifs is 1. The Morgan fingerprint density at radius 2 is 1.75 bits per heavy atom. The van der Waals surface area contributed by atoms with E-state index in [-0.39, 0.29) is 0 Å². The highest BCUT2D eigenvalue weighted by molar-refractivity contribution is 5.36. The van der Waals surface area contributed by atoms with Crippen molar-refractivity contribution in [3.05, 3.63) is 34.9 Å². The topological polar surface area (TPSA) is 12.0 Å². The van der Waals surface area contributed by atoms with E-state index in [0.29, 0.717) is 16.9 Å². The molecular weight excluding hydrogens is 242 g/mol. The number of nitrogens with one attached hydrogen (secondary N) is 1. The van der Waals surface area contributed by atoms with E-state index in [2.05, 4.69) is 58.3 Å². The maximum Gasteiger partial charge on any atom is 0.0143 e. The van der Waals surface area contributed by atoms with Crippen molar-refractivity contribution in [1.29, 1.82) is 0 Å². The largest absolute Gasteiger partial charge is 0.316 e. The molecule has 1 saturated carbocycles. The highest BCUT2D eigenvalue weighted by Crippen LogP contribution is 2.69. The summed E-state index contributed by atoms with van der Waals surface area (Å²) in [5.41, 5.74) is 5.62. The maximum atomic E-state index is 3.59. The molecule has 0 heterocycles. The minimum absolute atomic E-state index is 0.456. The molecule has 1 fully saturated rings. The standard InChI is InChI=1S/C19H29N/c1-18(2)17(19(18,3)4)16(20-5)12-13-9-10-14-7-6-8-15(14)11-13/h9-11,16-17,20H,6-8,12H2,1-5H3. The van der Waals surface area contributed by atoms with Gasteiger partial charge in [0.05, 0.1) is 0 Å². The molecule has 1 aromatic rings. The number of aryl methyl sites for hydroxylation is 2. The van der Waals surface area contributed by atoms with Gasteiger partial charge in [0.25, 0.3) is 0 Å². The molecule has 1 aromatic carbocycles. The van der Waals surface area contributed by atoms with E-state index in [9.17, 15) is 0 Å². The van der Waals surface area contributed by atoms with Gasteiger partial charge in [-0.05, 0) is 66.2 Å². The quantitative estimate of drug-likeness (QED) is 0.873. The normalized spacial score (nSPS) is 24.4. The van der Waals surface area contributed by atoms with Gasteiger partial charge in [-0.15, -0.1) is 0 Å². The Balaban J connectivity index is 1.76. The Morgan fingerprint density at radius 3 is 2.35 bits per heavy atom. The lowest BCUT2D eigenvalue weighted by Gasteiger charge is -2.19. The molecule has 1 N–H and O–H groups in total. The molecule has 110 valence electrons. The molecule has 0 aromatic heterocycles. The third kappa shape index (κ3) is 2.02. The van der Waals surface area contributed by atoms with Crippen LogP contribution < -0.4 is 5.32 Å². The van der Waals surface area contributed by atoms with E-state index in [1.165, 1.54) is 31.2 Å². The molecule has 2 aliphatic carbocycles. The minimum Gasteiger partial charge on any atom is -0.316 e. The van der Waals surface area contributed by atoms with Crippen molar-refractivity contribution in [3.8, 4) is 0 Å². The number of likely N-dealkylation sites (N-methyl/N-ethyl adjacent to an activating group) is 1. The van der Waals surface area contributed by atoms with Crippen LogP contribution in [0.5, 0.6) is 0 Å². The molecule has 1 unspecified atom stereocenters. The highest BCUT2D eigenvalue weighted by atomic mass is 14.9. The van der Waals surface area contributed by atoms with Crippen molar-refractivity contribution in [2.24, 2.45) is 16.7 Å². The lowest BCUT2D eigenvalue weighted by molar-refractivity contribution is 0.421. The summed E-state index contributed by atoms with van der Waals surface area (Å²) >= 11 is 0. The van der Waals surface area contributed by atoms with Crippen LogP contribution in [0, 0.1) is 16.7 Å². The first-order valence-corrected chi connectivity index (χ1v) is 8.16. The molecule has 2 aliphatic rings. The number of hydrogen-bond acceptors (Lipinski definition) is 1. The summed E-state index contributed by atoms with van der Waals surface area (Å²) in [7, 11) is 2.13. The first-order chi connectivity index (χ1) is 9.38. The number of benzene rings is 1. The van der Waals surface area contributed by atoms with Crippen molar-refractivity contribution < 1.29 is 0 Å². The van der Waals surface area contributed by atoms with Crippen LogP contribution in [0.3, 0.4) is 0 Å². The Bertz CT molecular complexity index is 498. The third-order valence-corrected chi connectivity index (χ3v) is 6.52. The first kappa shape index (κ1) is 14.1. The molecule has 0 saturated heterocycles. The third-order valence-electron chi connectivity index (χ3n) is 6.52. The molecular formula is C19H29N. The van der Waals surface area contributed by atoms with Crippen LogP contribution in [0.15, 0.2) is 18.2 Å². The van der Waals surface area contributed by atoms with Crippen molar-refractivity contribution in [1.82, 2.24) is 5.32 Å². The van der Waals surface area contributed by atoms with Gasteiger partial charge in [-0.3, -0.25) is 0 Å². The number of rotatable bonds is 4. The molecule has 0 bridgehead atoms. The zero-order valence-corrected chi connectivity index (χ0v) is 13.7. The molecule has 0 aliphatic heterocycles. The van der Waals surface area contributed by atoms with E-state index < -0.39 is 0 Å². The molecule has 0 radical (unpaired) electrons. The lowest BCUT2D eigenvalue weighted by atomic mass is 9.95. The second kappa shape index (κ2) is 4.59. The van der Waals surface area contributed by atoms with Crippen molar-refractivity contribution in [2.75, 3.05) is 7.05 Å². The fourth-order valence-corrected chi connectivity index (χ4v) is 4.65. The predicted molar refractivity (Wildman–Crippen MR) is 86.1 cm³/mol. The molecule has 1 nitrogen and oxygen atoms in total. The van der Waals surface area contributed by atoms with E-state index in [4.69, 9.17) is 0 Å². The molecule has 0 amide bonds. The van der Waals surface area contributed by atoms with Gasteiger partial charge in [0.1, 0.15) is 0 Å². The second-order valence-electron chi connectivity index (χ2n) is 7.98. The van der Waals surface area contributed by atoms with Gasteiger partial charge in [-0.25, -0.2) is 0 Å². The van der Waals surface area contributed by atoms with Crippen LogP contribution in [0.2, 0.25) is 0 Å². The smallest absolute Gasteiger partial charge is 0.0143 e. The van der Waals surface area contributed by atoms with Crippen LogP contribution in [0.1, 0.15) is 50.8 Å². The molecule has 0 spiro atoms. The summed E-state index contributed by atoms with van der Waals surface area (Å²) in [5.74, 6) is 0.772. The predicted octanol–water partition coefficient (Wildman–Crippen LogP) is 3.99. The van der Waals surface area contributed by atoms with Gasteiger partial charge in [-0.1, -0.05) is 45.9 Å². The average Bonchev–Trinajstić information content (AvgIpc) is 2.73. The van der Waals surface area contributed by atoms with Gasteiger partial charge < -0.3 is 5.32 Å². The Hall–Kier alpha value is -0.820. The van der Waals surface area contributed by atoms with Gasteiger partial charge in [-0.2, -0.15) is 0 Å². The summed E-state index contributed by atoms with van der Waals surface area (Å²) < 4.78 is 0. The van der Waals surface area contributed by atoms with E-state index in [1.54, 1.807) is 11.1 Å². The zero-order chi connectivity index (χ0) is 14.5. The molecule has 1 atom stereocenters. The van der Waals surface area contributed by atoms with Gasteiger partial charge in [0.15, 0.2) is 0 Å². The molecule has 3 rings (SSSR count). The summed E-state index contributed by atoms with van der Waals surface area (Å²) in [6.07, 6.45) is 5.08. The Morgan fingerprint density at radius 1 is 1.10 bits per heavy atom. The zero-order valence-electron chi connectivity index (χ0n) is 13.7. The highest BCUT2D eigenvalue weighted by Gasteiger charge is 2.66. The van der Waals surface area contributed by atoms with Crippen LogP contribution in [0.25, 0.3) is 0 Å². The van der Waals surface area contributed by atoms with E-state index in [1.807, 2.05) is 0 Å². The van der Waals surface area contributed by atoms with Gasteiger partial charge in [0.2, 0.25) is 0 Å². The van der Waals surface area contributed by atoms with Crippen LogP contribution in [-0.4, -0.2) is 13.1 Å². The molecule has 20 heavy (non-hydrogen) atoms. The van der Waals surface area contributed by atoms with E-state index in [0.717, 1.165) is 5.92 Å². The van der Waals surface area contributed by atoms with E-state index >= 15 is 0 Å². The van der Waals surface area contributed by atoms with Crippen molar-refractivity contribution in [2.45, 2.75) is 59.4 Å². The fourth-order valence-electron chi connectivity index (χ4n) is 4.65. The lowest BCUT2D eigenvalue weighted by Crippen LogP contribution is -2.32. The van der Waals surface area contributed by atoms with Gasteiger partial charge in [0, 0.05) is 6.04 Å². The number of hydrogen-bond donors (Lipinski definition) is 1. The summed E-state index contributed by atoms with van der Waals surface area (Å²) in [6, 6.07) is 7.79. The SMILES string of the molecule is CNC(Cc1ccc2c(c1)CCC2)C1C(C)(C)C1(C)C. The Labute approximate surface area is 124 Å². The summed E-state index contributed by atoms with van der Waals surface area (Å²) in [5, 5.41) is 3.59. The summed E-state index contributed by atoms with van der Waals surface area (Å²) in [4.78, 5) is 0. The minimum atomic E-state index is 0.456. The van der Waals surface area contributed by atoms with Crippen LogP contribution in [0.4, 0.5) is 0 Å². The van der Waals surface area contributed by atoms with Crippen LogP contribution in [-0.2, 0) is 19.3 Å². The maximum absolute atomic E-state index is 3.59. The monoisotopic (exact) mass is 271 g/mol. The second-order valence-corrected chi connectivity index (χ2v) is 7.98. The molecule has 1 heteroatoms. The fraction of sp³-hybridized carbons (Fsp3) is 0.684. The van der Waals surface area contributed by atoms with Gasteiger partial charge >= 0.3 is 0 Å². The van der Waals surface area contributed by atoms with Crippen LogP contribution >= 0.6 is 0 Å². The Kier molecular flexibility index (Phi) is 3.25.